The Morgan fingerprint density at radius 2 is 1.25 bits per heavy atom. The maximum Gasteiger partial charge on any atom is 0.251 e. The summed E-state index contributed by atoms with van der Waals surface area (Å²) in [6, 6.07) is 14.7. The molecule has 0 saturated carbocycles. The SMILES string of the molecule is CC(C)c1ccc(C(=O)NCCNC(=O)c2ccc(Br)cc2)cc1. The van der Waals surface area contributed by atoms with E-state index in [1.165, 1.54) is 5.56 Å². The topological polar surface area (TPSA) is 58.2 Å². The van der Waals surface area contributed by atoms with Gasteiger partial charge in [0.25, 0.3) is 11.8 Å². The number of hydrogen-bond donors (Lipinski definition) is 2. The minimum atomic E-state index is -0.155. The largest absolute Gasteiger partial charge is 0.350 e. The fourth-order valence-corrected chi connectivity index (χ4v) is 2.44. The number of halogens is 1. The van der Waals surface area contributed by atoms with Crippen LogP contribution in [0.1, 0.15) is 46.0 Å². The lowest BCUT2D eigenvalue weighted by Crippen LogP contribution is -2.34. The third kappa shape index (κ3) is 5.20. The van der Waals surface area contributed by atoms with Crippen molar-refractivity contribution in [2.45, 2.75) is 19.8 Å². The van der Waals surface area contributed by atoms with Crippen molar-refractivity contribution in [3.63, 3.8) is 0 Å². The molecule has 0 saturated heterocycles. The Hall–Kier alpha value is -2.14. The number of benzene rings is 2. The van der Waals surface area contributed by atoms with E-state index in [-0.39, 0.29) is 11.8 Å². The highest BCUT2D eigenvalue weighted by molar-refractivity contribution is 9.10. The van der Waals surface area contributed by atoms with Gasteiger partial charge in [-0.2, -0.15) is 0 Å². The van der Waals surface area contributed by atoms with Crippen LogP contribution in [0, 0.1) is 0 Å². The van der Waals surface area contributed by atoms with Crippen molar-refractivity contribution in [2.75, 3.05) is 13.1 Å². The number of carbonyl (C=O) groups is 2. The number of nitrogens with one attached hydrogen (secondary N) is 2. The van der Waals surface area contributed by atoms with Gasteiger partial charge >= 0.3 is 0 Å². The normalized spacial score (nSPS) is 10.5. The van der Waals surface area contributed by atoms with Crippen LogP contribution in [0.25, 0.3) is 0 Å². The zero-order valence-electron chi connectivity index (χ0n) is 13.8. The summed E-state index contributed by atoms with van der Waals surface area (Å²) in [5, 5.41) is 5.58. The summed E-state index contributed by atoms with van der Waals surface area (Å²) < 4.78 is 0.926. The standard InChI is InChI=1S/C19H21BrN2O2/c1-13(2)14-3-5-15(6-4-14)18(23)21-11-12-22-19(24)16-7-9-17(20)10-8-16/h3-10,13H,11-12H2,1-2H3,(H,21,23)(H,22,24). The summed E-state index contributed by atoms with van der Waals surface area (Å²) in [6.07, 6.45) is 0. The van der Waals surface area contributed by atoms with Crippen molar-refractivity contribution in [3.8, 4) is 0 Å². The molecule has 2 aromatic rings. The van der Waals surface area contributed by atoms with Crippen molar-refractivity contribution in [1.82, 2.24) is 10.6 Å². The first kappa shape index (κ1) is 18.2. The van der Waals surface area contributed by atoms with Crippen LogP contribution in [0.2, 0.25) is 0 Å². The molecule has 0 aliphatic rings. The molecule has 2 rings (SSSR count). The van der Waals surface area contributed by atoms with Crippen LogP contribution in [0.15, 0.2) is 53.0 Å². The minimum absolute atomic E-state index is 0.136. The Kier molecular flexibility index (Phi) is 6.55. The van der Waals surface area contributed by atoms with Gasteiger partial charge in [-0.15, -0.1) is 0 Å². The zero-order valence-corrected chi connectivity index (χ0v) is 15.4. The van der Waals surface area contributed by atoms with Crippen LogP contribution < -0.4 is 10.6 Å². The van der Waals surface area contributed by atoms with E-state index in [1.807, 2.05) is 36.4 Å². The molecular formula is C19H21BrN2O2. The van der Waals surface area contributed by atoms with E-state index in [0.717, 1.165) is 4.47 Å². The Morgan fingerprint density at radius 1 is 0.833 bits per heavy atom. The molecular weight excluding hydrogens is 368 g/mol. The van der Waals surface area contributed by atoms with Crippen LogP contribution in [0.3, 0.4) is 0 Å². The Balaban J connectivity index is 1.76. The van der Waals surface area contributed by atoms with Gasteiger partial charge in [-0.05, 0) is 47.9 Å². The quantitative estimate of drug-likeness (QED) is 0.740. The van der Waals surface area contributed by atoms with Crippen molar-refractivity contribution < 1.29 is 9.59 Å². The van der Waals surface area contributed by atoms with Crippen LogP contribution in [-0.2, 0) is 0 Å². The van der Waals surface area contributed by atoms with E-state index in [0.29, 0.717) is 30.1 Å². The maximum atomic E-state index is 12.0. The molecule has 0 unspecified atom stereocenters. The first-order valence-electron chi connectivity index (χ1n) is 7.89. The highest BCUT2D eigenvalue weighted by Gasteiger charge is 2.07. The van der Waals surface area contributed by atoms with Gasteiger partial charge in [-0.1, -0.05) is 41.9 Å². The van der Waals surface area contributed by atoms with E-state index in [4.69, 9.17) is 0 Å². The molecule has 0 aromatic heterocycles. The first-order chi connectivity index (χ1) is 11.5. The van der Waals surface area contributed by atoms with Gasteiger partial charge in [-0.3, -0.25) is 9.59 Å². The molecule has 0 atom stereocenters. The average molecular weight is 389 g/mol. The van der Waals surface area contributed by atoms with Gasteiger partial charge in [0, 0.05) is 28.7 Å². The molecule has 126 valence electrons. The van der Waals surface area contributed by atoms with Gasteiger partial charge < -0.3 is 10.6 Å². The second kappa shape index (κ2) is 8.64. The monoisotopic (exact) mass is 388 g/mol. The van der Waals surface area contributed by atoms with E-state index >= 15 is 0 Å². The molecule has 0 heterocycles. The molecule has 0 bridgehead atoms. The van der Waals surface area contributed by atoms with Crippen molar-refractivity contribution in [3.05, 3.63) is 69.7 Å². The zero-order chi connectivity index (χ0) is 17.5. The molecule has 0 aliphatic heterocycles. The lowest BCUT2D eigenvalue weighted by atomic mass is 10.0. The van der Waals surface area contributed by atoms with E-state index in [1.54, 1.807) is 12.1 Å². The van der Waals surface area contributed by atoms with Gasteiger partial charge in [0.15, 0.2) is 0 Å². The molecule has 0 aliphatic carbocycles. The minimum Gasteiger partial charge on any atom is -0.350 e. The van der Waals surface area contributed by atoms with Gasteiger partial charge in [0.2, 0.25) is 0 Å². The summed E-state index contributed by atoms with van der Waals surface area (Å²) in [5.74, 6) is 0.150. The van der Waals surface area contributed by atoms with Crippen LogP contribution in [0.4, 0.5) is 0 Å². The predicted molar refractivity (Wildman–Crippen MR) is 99.3 cm³/mol. The highest BCUT2D eigenvalue weighted by atomic mass is 79.9. The van der Waals surface area contributed by atoms with E-state index < -0.39 is 0 Å². The lowest BCUT2D eigenvalue weighted by Gasteiger charge is -2.09. The molecule has 2 N–H and O–H groups in total. The molecule has 4 nitrogen and oxygen atoms in total. The summed E-state index contributed by atoms with van der Waals surface area (Å²) in [7, 11) is 0. The van der Waals surface area contributed by atoms with Gasteiger partial charge in [-0.25, -0.2) is 0 Å². The predicted octanol–water partition coefficient (Wildman–Crippen LogP) is 3.73. The summed E-state index contributed by atoms with van der Waals surface area (Å²) in [5.41, 5.74) is 2.42. The Morgan fingerprint density at radius 3 is 1.67 bits per heavy atom. The second-order valence-corrected chi connectivity index (χ2v) is 6.71. The lowest BCUT2D eigenvalue weighted by molar-refractivity contribution is 0.0927. The summed E-state index contributed by atoms with van der Waals surface area (Å²) >= 11 is 3.33. The van der Waals surface area contributed by atoms with Crippen molar-refractivity contribution in [2.24, 2.45) is 0 Å². The van der Waals surface area contributed by atoms with Crippen LogP contribution in [0.5, 0.6) is 0 Å². The van der Waals surface area contributed by atoms with Crippen LogP contribution in [-0.4, -0.2) is 24.9 Å². The molecule has 0 fully saturated rings. The number of rotatable bonds is 6. The van der Waals surface area contributed by atoms with Gasteiger partial charge in [0.1, 0.15) is 0 Å². The molecule has 0 spiro atoms. The highest BCUT2D eigenvalue weighted by Crippen LogP contribution is 2.14. The summed E-state index contributed by atoms with van der Waals surface area (Å²) in [6.45, 7) is 4.99. The van der Waals surface area contributed by atoms with E-state index in [9.17, 15) is 9.59 Å². The first-order valence-corrected chi connectivity index (χ1v) is 8.68. The fraction of sp³-hybridized carbons (Fsp3) is 0.263. The molecule has 24 heavy (non-hydrogen) atoms. The smallest absolute Gasteiger partial charge is 0.251 e. The Bertz CT molecular complexity index is 694. The van der Waals surface area contributed by atoms with Crippen molar-refractivity contribution >= 4 is 27.7 Å². The molecule has 0 radical (unpaired) electrons. The van der Waals surface area contributed by atoms with Crippen molar-refractivity contribution in [1.29, 1.82) is 0 Å². The number of carbonyl (C=O) groups excluding carboxylic acids is 2. The third-order valence-electron chi connectivity index (χ3n) is 3.64. The third-order valence-corrected chi connectivity index (χ3v) is 4.17. The second-order valence-electron chi connectivity index (χ2n) is 5.80. The molecule has 5 heteroatoms. The number of amides is 2. The van der Waals surface area contributed by atoms with Crippen LogP contribution >= 0.6 is 15.9 Å². The van der Waals surface area contributed by atoms with Gasteiger partial charge in [0.05, 0.1) is 0 Å². The fourth-order valence-electron chi connectivity index (χ4n) is 2.18. The average Bonchev–Trinajstić information content (AvgIpc) is 2.59. The maximum absolute atomic E-state index is 12.0. The Labute approximate surface area is 150 Å². The number of hydrogen-bond acceptors (Lipinski definition) is 2. The summed E-state index contributed by atoms with van der Waals surface area (Å²) in [4.78, 5) is 24.0. The van der Waals surface area contributed by atoms with E-state index in [2.05, 4.69) is 40.4 Å². The molecule has 2 amide bonds. The molecule has 2 aromatic carbocycles.